The molecule has 0 spiro atoms. The smallest absolute Gasteiger partial charge is 0.141 e. The van der Waals surface area contributed by atoms with E-state index in [9.17, 15) is 5.11 Å². The van der Waals surface area contributed by atoms with Crippen molar-refractivity contribution < 1.29 is 5.11 Å². The van der Waals surface area contributed by atoms with E-state index in [4.69, 9.17) is 0 Å². The Morgan fingerprint density at radius 1 is 1.35 bits per heavy atom. The number of aliphatic hydroxyl groups is 1. The van der Waals surface area contributed by atoms with Crippen LogP contribution in [0.15, 0.2) is 36.8 Å². The van der Waals surface area contributed by atoms with E-state index in [0.29, 0.717) is 0 Å². The van der Waals surface area contributed by atoms with E-state index in [0.717, 1.165) is 17.1 Å². The van der Waals surface area contributed by atoms with Gasteiger partial charge in [-0.15, -0.1) is 0 Å². The Morgan fingerprint density at radius 3 is 2.88 bits per heavy atom. The Hall–Kier alpha value is -1.94. The van der Waals surface area contributed by atoms with Crippen LogP contribution < -0.4 is 4.90 Å². The minimum atomic E-state index is -0.0632. The molecule has 0 aliphatic heterocycles. The molecule has 1 aromatic heterocycles. The fraction of sp³-hybridized carbons (Fsp3) is 0.231. The topological polar surface area (TPSA) is 49.2 Å². The second kappa shape index (κ2) is 4.93. The first kappa shape index (κ1) is 11.5. The predicted molar refractivity (Wildman–Crippen MR) is 67.2 cm³/mol. The van der Waals surface area contributed by atoms with Crippen molar-refractivity contribution in [3.8, 4) is 0 Å². The average Bonchev–Trinajstić information content (AvgIpc) is 2.38. The van der Waals surface area contributed by atoms with Crippen LogP contribution >= 0.6 is 0 Å². The maximum absolute atomic E-state index is 9.26. The number of rotatable bonds is 3. The van der Waals surface area contributed by atoms with E-state index in [-0.39, 0.29) is 6.61 Å². The Morgan fingerprint density at radius 2 is 2.18 bits per heavy atom. The first-order chi connectivity index (χ1) is 8.22. The van der Waals surface area contributed by atoms with Crippen LogP contribution in [0.4, 0.5) is 11.5 Å². The number of benzene rings is 1. The van der Waals surface area contributed by atoms with Gasteiger partial charge >= 0.3 is 0 Å². The first-order valence-electron chi connectivity index (χ1n) is 5.42. The molecule has 0 saturated carbocycles. The summed E-state index contributed by atoms with van der Waals surface area (Å²) in [7, 11) is 1.93. The molecule has 0 fully saturated rings. The van der Waals surface area contributed by atoms with Gasteiger partial charge in [0.25, 0.3) is 0 Å². The SMILES string of the molecule is Cc1cccc(N(C)c2ncncc2CO)c1. The lowest BCUT2D eigenvalue weighted by atomic mass is 10.2. The van der Waals surface area contributed by atoms with Crippen LogP contribution in [0.25, 0.3) is 0 Å². The van der Waals surface area contributed by atoms with Gasteiger partial charge in [0, 0.05) is 24.5 Å². The predicted octanol–water partition coefficient (Wildman–Crippen LogP) is 2.05. The highest BCUT2D eigenvalue weighted by Crippen LogP contribution is 2.24. The van der Waals surface area contributed by atoms with E-state index in [1.165, 1.54) is 11.9 Å². The van der Waals surface area contributed by atoms with E-state index in [1.807, 2.05) is 37.1 Å². The van der Waals surface area contributed by atoms with Gasteiger partial charge in [-0.3, -0.25) is 0 Å². The van der Waals surface area contributed by atoms with Gasteiger partial charge in [-0.05, 0) is 24.6 Å². The Kier molecular flexibility index (Phi) is 3.35. The van der Waals surface area contributed by atoms with Gasteiger partial charge in [-0.1, -0.05) is 12.1 Å². The molecule has 0 aliphatic carbocycles. The highest BCUT2D eigenvalue weighted by Gasteiger charge is 2.10. The molecule has 0 radical (unpaired) electrons. The summed E-state index contributed by atoms with van der Waals surface area (Å²) in [5, 5.41) is 9.26. The van der Waals surface area contributed by atoms with Crippen molar-refractivity contribution in [2.45, 2.75) is 13.5 Å². The maximum atomic E-state index is 9.26. The fourth-order valence-corrected chi connectivity index (χ4v) is 1.72. The molecular weight excluding hydrogens is 214 g/mol. The number of nitrogens with zero attached hydrogens (tertiary/aromatic N) is 3. The van der Waals surface area contributed by atoms with Gasteiger partial charge in [0.2, 0.25) is 0 Å². The number of aryl methyl sites for hydroxylation is 1. The lowest BCUT2D eigenvalue weighted by Crippen LogP contribution is -2.14. The van der Waals surface area contributed by atoms with Gasteiger partial charge in [-0.25, -0.2) is 9.97 Å². The molecule has 1 heterocycles. The monoisotopic (exact) mass is 229 g/mol. The summed E-state index contributed by atoms with van der Waals surface area (Å²) in [4.78, 5) is 10.1. The van der Waals surface area contributed by atoms with Gasteiger partial charge in [0.15, 0.2) is 0 Å². The summed E-state index contributed by atoms with van der Waals surface area (Å²) in [6.07, 6.45) is 3.12. The standard InChI is InChI=1S/C13H15N3O/c1-10-4-3-5-12(6-10)16(2)13-11(8-17)7-14-9-15-13/h3-7,9,17H,8H2,1-2H3. The van der Waals surface area contributed by atoms with Crippen molar-refractivity contribution in [1.82, 2.24) is 9.97 Å². The third kappa shape index (κ3) is 2.42. The highest BCUT2D eigenvalue weighted by atomic mass is 16.3. The summed E-state index contributed by atoms with van der Waals surface area (Å²) in [5.74, 6) is 0.730. The lowest BCUT2D eigenvalue weighted by Gasteiger charge is -2.20. The van der Waals surface area contributed by atoms with Crippen molar-refractivity contribution in [1.29, 1.82) is 0 Å². The fourth-order valence-electron chi connectivity index (χ4n) is 1.72. The molecule has 1 N–H and O–H groups in total. The van der Waals surface area contributed by atoms with E-state index < -0.39 is 0 Å². The van der Waals surface area contributed by atoms with Crippen LogP contribution in [0.5, 0.6) is 0 Å². The lowest BCUT2D eigenvalue weighted by molar-refractivity contribution is 0.281. The molecular formula is C13H15N3O. The molecule has 0 amide bonds. The number of aliphatic hydroxyl groups excluding tert-OH is 1. The zero-order chi connectivity index (χ0) is 12.3. The van der Waals surface area contributed by atoms with Crippen molar-refractivity contribution in [2.75, 3.05) is 11.9 Å². The molecule has 0 saturated heterocycles. The average molecular weight is 229 g/mol. The van der Waals surface area contributed by atoms with Crippen molar-refractivity contribution >= 4 is 11.5 Å². The van der Waals surface area contributed by atoms with Crippen LogP contribution in [-0.2, 0) is 6.61 Å². The van der Waals surface area contributed by atoms with Crippen molar-refractivity contribution in [3.05, 3.63) is 47.9 Å². The zero-order valence-electron chi connectivity index (χ0n) is 9.96. The van der Waals surface area contributed by atoms with E-state index >= 15 is 0 Å². The number of anilines is 2. The molecule has 0 unspecified atom stereocenters. The Bertz CT molecular complexity index is 514. The number of hydrogen-bond donors (Lipinski definition) is 1. The second-order valence-electron chi connectivity index (χ2n) is 3.93. The molecule has 0 bridgehead atoms. The normalized spacial score (nSPS) is 10.3. The second-order valence-corrected chi connectivity index (χ2v) is 3.93. The van der Waals surface area contributed by atoms with E-state index in [1.54, 1.807) is 6.20 Å². The molecule has 1 aromatic carbocycles. The molecule has 4 nitrogen and oxygen atoms in total. The molecule has 88 valence electrons. The van der Waals surface area contributed by atoms with Gasteiger partial charge in [0.05, 0.1) is 6.61 Å². The largest absolute Gasteiger partial charge is 0.391 e. The zero-order valence-corrected chi connectivity index (χ0v) is 9.96. The molecule has 2 aromatic rings. The van der Waals surface area contributed by atoms with Gasteiger partial charge in [0.1, 0.15) is 12.1 Å². The minimum Gasteiger partial charge on any atom is -0.391 e. The quantitative estimate of drug-likeness (QED) is 0.875. The van der Waals surface area contributed by atoms with E-state index in [2.05, 4.69) is 16.0 Å². The molecule has 0 atom stereocenters. The summed E-state index contributed by atoms with van der Waals surface area (Å²) < 4.78 is 0. The number of aromatic nitrogens is 2. The number of hydrogen-bond acceptors (Lipinski definition) is 4. The third-order valence-corrected chi connectivity index (χ3v) is 2.64. The summed E-state index contributed by atoms with van der Waals surface area (Å²) in [6, 6.07) is 8.13. The molecule has 4 heteroatoms. The summed E-state index contributed by atoms with van der Waals surface area (Å²) in [6.45, 7) is 1.98. The Balaban J connectivity index is 2.40. The van der Waals surface area contributed by atoms with Crippen molar-refractivity contribution in [3.63, 3.8) is 0 Å². The summed E-state index contributed by atoms with van der Waals surface area (Å²) in [5.41, 5.74) is 2.95. The van der Waals surface area contributed by atoms with Crippen molar-refractivity contribution in [2.24, 2.45) is 0 Å². The van der Waals surface area contributed by atoms with Gasteiger partial charge in [-0.2, -0.15) is 0 Å². The maximum Gasteiger partial charge on any atom is 0.141 e. The van der Waals surface area contributed by atoms with Crippen LogP contribution in [0.2, 0.25) is 0 Å². The molecule has 2 rings (SSSR count). The minimum absolute atomic E-state index is 0.0632. The first-order valence-corrected chi connectivity index (χ1v) is 5.42. The highest BCUT2D eigenvalue weighted by molar-refractivity contribution is 5.62. The van der Waals surface area contributed by atoms with Crippen LogP contribution in [0.3, 0.4) is 0 Å². The molecule has 17 heavy (non-hydrogen) atoms. The van der Waals surface area contributed by atoms with Crippen LogP contribution in [-0.4, -0.2) is 22.1 Å². The summed E-state index contributed by atoms with van der Waals surface area (Å²) >= 11 is 0. The third-order valence-electron chi connectivity index (χ3n) is 2.64. The van der Waals surface area contributed by atoms with Gasteiger partial charge < -0.3 is 10.0 Å². The van der Waals surface area contributed by atoms with Crippen LogP contribution in [0.1, 0.15) is 11.1 Å². The molecule has 0 aliphatic rings. The Labute approximate surface area is 101 Å². The van der Waals surface area contributed by atoms with Crippen LogP contribution in [0, 0.1) is 6.92 Å².